The molecule has 0 unspecified atom stereocenters. The summed E-state index contributed by atoms with van der Waals surface area (Å²) in [5.41, 5.74) is 2.65. The summed E-state index contributed by atoms with van der Waals surface area (Å²) in [5, 5.41) is 0. The highest BCUT2D eigenvalue weighted by Gasteiger charge is 2.15. The van der Waals surface area contributed by atoms with Crippen LogP contribution in [-0.4, -0.2) is 13.2 Å². The molecule has 2 aliphatic rings. The van der Waals surface area contributed by atoms with E-state index in [1.165, 1.54) is 75.3 Å². The molecule has 0 amide bonds. The molecule has 156 valence electrons. The van der Waals surface area contributed by atoms with Crippen molar-refractivity contribution >= 4 is 0 Å². The van der Waals surface area contributed by atoms with Crippen molar-refractivity contribution in [1.29, 1.82) is 0 Å². The highest BCUT2D eigenvalue weighted by Crippen LogP contribution is 2.26. The van der Waals surface area contributed by atoms with E-state index in [9.17, 15) is 0 Å². The molecule has 2 aliphatic carbocycles. The fourth-order valence-corrected chi connectivity index (χ4v) is 4.78. The predicted octanol–water partition coefficient (Wildman–Crippen LogP) is 7.20. The van der Waals surface area contributed by atoms with E-state index in [0.29, 0.717) is 0 Å². The SMILES string of the molecule is c1cc(OCC2CCCCC2)ccc1Cc1ccc(OCC2CCCCC2)cc1. The van der Waals surface area contributed by atoms with Crippen LogP contribution in [0.5, 0.6) is 11.5 Å². The number of benzene rings is 2. The van der Waals surface area contributed by atoms with Gasteiger partial charge in [0.2, 0.25) is 0 Å². The first-order valence-corrected chi connectivity index (χ1v) is 11.8. The van der Waals surface area contributed by atoms with Crippen LogP contribution in [0, 0.1) is 11.8 Å². The third-order valence-corrected chi connectivity index (χ3v) is 6.68. The van der Waals surface area contributed by atoms with E-state index in [4.69, 9.17) is 9.47 Å². The molecular formula is C27H36O2. The van der Waals surface area contributed by atoms with Crippen molar-refractivity contribution in [3.63, 3.8) is 0 Å². The van der Waals surface area contributed by atoms with Gasteiger partial charge in [-0.25, -0.2) is 0 Å². The second-order valence-corrected chi connectivity index (χ2v) is 9.09. The van der Waals surface area contributed by atoms with Gasteiger partial charge in [0.25, 0.3) is 0 Å². The standard InChI is InChI=1S/C27H36O2/c1-3-7-24(8-4-1)20-28-26-15-11-22(12-16-26)19-23-13-17-27(18-14-23)29-21-25-9-5-2-6-10-25/h11-18,24-25H,1-10,19-21H2. The van der Waals surface area contributed by atoms with Crippen LogP contribution in [0.1, 0.15) is 75.3 Å². The molecule has 2 fully saturated rings. The third-order valence-electron chi connectivity index (χ3n) is 6.68. The molecule has 0 saturated heterocycles. The molecule has 2 heteroatoms. The zero-order chi connectivity index (χ0) is 19.7. The largest absolute Gasteiger partial charge is 0.493 e. The van der Waals surface area contributed by atoms with Crippen molar-refractivity contribution in [2.45, 2.75) is 70.6 Å². The summed E-state index contributed by atoms with van der Waals surface area (Å²) in [6.45, 7) is 1.75. The van der Waals surface area contributed by atoms with Crippen molar-refractivity contribution in [2.75, 3.05) is 13.2 Å². The molecule has 4 rings (SSSR count). The third kappa shape index (κ3) is 6.52. The van der Waals surface area contributed by atoms with Gasteiger partial charge in [-0.1, -0.05) is 62.8 Å². The van der Waals surface area contributed by atoms with Crippen LogP contribution in [0.25, 0.3) is 0 Å². The molecule has 0 spiro atoms. The predicted molar refractivity (Wildman–Crippen MR) is 120 cm³/mol. The van der Waals surface area contributed by atoms with E-state index in [1.807, 2.05) is 0 Å². The number of hydrogen-bond donors (Lipinski definition) is 0. The average Bonchev–Trinajstić information content (AvgIpc) is 2.80. The van der Waals surface area contributed by atoms with Crippen LogP contribution in [0.3, 0.4) is 0 Å². The molecule has 0 N–H and O–H groups in total. The summed E-state index contributed by atoms with van der Waals surface area (Å²) in [7, 11) is 0. The second-order valence-electron chi connectivity index (χ2n) is 9.09. The monoisotopic (exact) mass is 392 g/mol. The molecule has 0 aliphatic heterocycles. The van der Waals surface area contributed by atoms with Gasteiger partial charge in [0, 0.05) is 0 Å². The van der Waals surface area contributed by atoms with Crippen LogP contribution in [0.2, 0.25) is 0 Å². The Morgan fingerprint density at radius 1 is 0.517 bits per heavy atom. The van der Waals surface area contributed by atoms with Crippen molar-refractivity contribution in [3.05, 3.63) is 59.7 Å². The Hall–Kier alpha value is -1.96. The van der Waals surface area contributed by atoms with Gasteiger partial charge >= 0.3 is 0 Å². The maximum absolute atomic E-state index is 6.03. The Kier molecular flexibility index (Phi) is 7.51. The average molecular weight is 393 g/mol. The first kappa shape index (κ1) is 20.3. The van der Waals surface area contributed by atoms with Gasteiger partial charge in [0.05, 0.1) is 13.2 Å². The Labute approximate surface area is 176 Å². The fourth-order valence-electron chi connectivity index (χ4n) is 4.78. The number of rotatable bonds is 8. The highest BCUT2D eigenvalue weighted by molar-refractivity contribution is 5.34. The minimum Gasteiger partial charge on any atom is -0.493 e. The highest BCUT2D eigenvalue weighted by atomic mass is 16.5. The minimum absolute atomic E-state index is 0.752. The first-order chi connectivity index (χ1) is 14.3. The Morgan fingerprint density at radius 3 is 1.28 bits per heavy atom. The van der Waals surface area contributed by atoms with Gasteiger partial charge in [-0.15, -0.1) is 0 Å². The van der Waals surface area contributed by atoms with E-state index in [-0.39, 0.29) is 0 Å². The normalized spacial score (nSPS) is 18.5. The number of hydrogen-bond acceptors (Lipinski definition) is 2. The van der Waals surface area contributed by atoms with E-state index < -0.39 is 0 Å². The fraction of sp³-hybridized carbons (Fsp3) is 0.556. The van der Waals surface area contributed by atoms with Gasteiger partial charge in [-0.2, -0.15) is 0 Å². The number of ether oxygens (including phenoxy) is 2. The summed E-state index contributed by atoms with van der Waals surface area (Å²) in [4.78, 5) is 0. The smallest absolute Gasteiger partial charge is 0.119 e. The molecule has 2 nitrogen and oxygen atoms in total. The Morgan fingerprint density at radius 2 is 0.897 bits per heavy atom. The van der Waals surface area contributed by atoms with E-state index in [1.54, 1.807) is 0 Å². The van der Waals surface area contributed by atoms with E-state index in [2.05, 4.69) is 48.5 Å². The Bertz CT molecular complexity index is 644. The molecule has 29 heavy (non-hydrogen) atoms. The van der Waals surface area contributed by atoms with Crippen LogP contribution in [0.4, 0.5) is 0 Å². The van der Waals surface area contributed by atoms with Crippen molar-refractivity contribution in [1.82, 2.24) is 0 Å². The lowest BCUT2D eigenvalue weighted by Crippen LogP contribution is -2.15. The molecule has 0 heterocycles. The molecule has 2 aromatic carbocycles. The van der Waals surface area contributed by atoms with E-state index >= 15 is 0 Å². The topological polar surface area (TPSA) is 18.5 Å². The van der Waals surface area contributed by atoms with Crippen LogP contribution in [0.15, 0.2) is 48.5 Å². The van der Waals surface area contributed by atoms with Crippen molar-refractivity contribution < 1.29 is 9.47 Å². The maximum Gasteiger partial charge on any atom is 0.119 e. The first-order valence-electron chi connectivity index (χ1n) is 11.8. The summed E-state index contributed by atoms with van der Waals surface area (Å²) in [5.74, 6) is 3.51. The zero-order valence-corrected chi connectivity index (χ0v) is 17.8. The molecular weight excluding hydrogens is 356 g/mol. The lowest BCUT2D eigenvalue weighted by Gasteiger charge is -2.21. The van der Waals surface area contributed by atoms with Gasteiger partial charge < -0.3 is 9.47 Å². The maximum atomic E-state index is 6.03. The summed E-state index contributed by atoms with van der Waals surface area (Å²) < 4.78 is 12.1. The molecule has 0 aromatic heterocycles. The molecule has 0 radical (unpaired) electrons. The zero-order valence-electron chi connectivity index (χ0n) is 17.8. The molecule has 2 saturated carbocycles. The van der Waals surface area contributed by atoms with Gasteiger partial charge in [0.1, 0.15) is 11.5 Å². The van der Waals surface area contributed by atoms with E-state index in [0.717, 1.165) is 43.0 Å². The van der Waals surface area contributed by atoms with Crippen molar-refractivity contribution in [3.8, 4) is 11.5 Å². The second kappa shape index (κ2) is 10.7. The Balaban J connectivity index is 1.22. The van der Waals surface area contributed by atoms with Gasteiger partial charge in [-0.05, 0) is 79.3 Å². The minimum atomic E-state index is 0.752. The van der Waals surface area contributed by atoms with Gasteiger partial charge in [0.15, 0.2) is 0 Å². The van der Waals surface area contributed by atoms with Gasteiger partial charge in [-0.3, -0.25) is 0 Å². The molecule has 0 atom stereocenters. The molecule has 0 bridgehead atoms. The summed E-state index contributed by atoms with van der Waals surface area (Å²) in [6, 6.07) is 17.3. The summed E-state index contributed by atoms with van der Waals surface area (Å²) in [6.07, 6.45) is 14.6. The van der Waals surface area contributed by atoms with Crippen molar-refractivity contribution in [2.24, 2.45) is 11.8 Å². The quantitative estimate of drug-likeness (QED) is 0.473. The van der Waals surface area contributed by atoms with Crippen LogP contribution < -0.4 is 9.47 Å². The summed E-state index contributed by atoms with van der Waals surface area (Å²) >= 11 is 0. The molecule has 2 aromatic rings. The lowest BCUT2D eigenvalue weighted by atomic mass is 9.90. The van der Waals surface area contributed by atoms with Crippen LogP contribution >= 0.6 is 0 Å². The van der Waals surface area contributed by atoms with Crippen LogP contribution in [-0.2, 0) is 6.42 Å². The lowest BCUT2D eigenvalue weighted by molar-refractivity contribution is 0.209.